The fourth-order valence-electron chi connectivity index (χ4n) is 2.61. The number of hydrogen-bond acceptors (Lipinski definition) is 5. The zero-order chi connectivity index (χ0) is 17.5. The van der Waals surface area contributed by atoms with Crippen molar-refractivity contribution in [2.75, 3.05) is 13.2 Å². The maximum Gasteiger partial charge on any atom is 0.127 e. The molecule has 0 radical (unpaired) electrons. The molecular weight excluding hydrogens is 316 g/mol. The smallest absolute Gasteiger partial charge is 0.127 e. The van der Waals surface area contributed by atoms with Crippen molar-refractivity contribution in [1.82, 2.24) is 0 Å². The lowest BCUT2D eigenvalue weighted by Crippen LogP contribution is -2.25. The zero-order valence-corrected chi connectivity index (χ0v) is 14.0. The second-order valence-corrected chi connectivity index (χ2v) is 5.82. The third-order valence-corrected chi connectivity index (χ3v) is 3.98. The van der Waals surface area contributed by atoms with Crippen LogP contribution in [-0.4, -0.2) is 25.5 Å². The van der Waals surface area contributed by atoms with Crippen LogP contribution in [0.3, 0.4) is 0 Å². The number of allylic oxidation sites excluding steroid dienone is 1. The van der Waals surface area contributed by atoms with Gasteiger partial charge in [0.15, 0.2) is 0 Å². The summed E-state index contributed by atoms with van der Waals surface area (Å²) in [5.74, 6) is 2.32. The molecule has 0 unspecified atom stereocenters. The van der Waals surface area contributed by atoms with Gasteiger partial charge < -0.3 is 25.4 Å². The molecule has 25 heavy (non-hydrogen) atoms. The van der Waals surface area contributed by atoms with E-state index in [0.29, 0.717) is 5.70 Å². The number of nitrogens with one attached hydrogen (secondary N) is 1. The molecule has 5 heteroatoms. The number of nitrogens with two attached hydrogens (primary N) is 1. The van der Waals surface area contributed by atoms with E-state index in [1.165, 1.54) is 6.21 Å². The predicted molar refractivity (Wildman–Crippen MR) is 98.4 cm³/mol. The molecule has 1 aliphatic heterocycles. The van der Waals surface area contributed by atoms with Gasteiger partial charge in [-0.3, -0.25) is 0 Å². The van der Waals surface area contributed by atoms with Crippen molar-refractivity contribution in [3.8, 4) is 17.2 Å². The second-order valence-electron chi connectivity index (χ2n) is 5.82. The minimum atomic E-state index is 0.229. The highest BCUT2D eigenvalue weighted by molar-refractivity contribution is 5.81. The highest BCUT2D eigenvalue weighted by Crippen LogP contribution is 2.26. The number of benzene rings is 2. The van der Waals surface area contributed by atoms with Gasteiger partial charge in [-0.15, -0.1) is 0 Å². The van der Waals surface area contributed by atoms with Gasteiger partial charge in [0.1, 0.15) is 23.4 Å². The Morgan fingerprint density at radius 1 is 0.960 bits per heavy atom. The third-order valence-electron chi connectivity index (χ3n) is 3.98. The lowest BCUT2D eigenvalue weighted by molar-refractivity contribution is 0.0255. The molecule has 1 saturated heterocycles. The molecule has 2 aromatic carbocycles. The van der Waals surface area contributed by atoms with Gasteiger partial charge in [-0.1, -0.05) is 0 Å². The summed E-state index contributed by atoms with van der Waals surface area (Å²) in [6.07, 6.45) is 4.81. The standard InChI is InChI=1S/C20H22N2O3/c21-12-9-20(22)15-1-3-16(4-2-15)24-17-5-7-18(8-6-17)25-19-10-13-23-14-11-19/h1-9,12,19,21H,10-11,13-14,22H2/b20-9-,21-12?. The summed E-state index contributed by atoms with van der Waals surface area (Å²) in [5.41, 5.74) is 7.26. The normalized spacial score (nSPS) is 15.6. The van der Waals surface area contributed by atoms with E-state index in [9.17, 15) is 0 Å². The van der Waals surface area contributed by atoms with Crippen molar-refractivity contribution >= 4 is 11.9 Å². The minimum Gasteiger partial charge on any atom is -0.490 e. The Morgan fingerprint density at radius 3 is 2.12 bits per heavy atom. The van der Waals surface area contributed by atoms with Crippen LogP contribution in [0.25, 0.3) is 5.70 Å². The molecule has 2 aromatic rings. The first-order valence-corrected chi connectivity index (χ1v) is 8.33. The summed E-state index contributed by atoms with van der Waals surface area (Å²) in [4.78, 5) is 0. The molecule has 0 amide bonds. The summed E-state index contributed by atoms with van der Waals surface area (Å²) in [6, 6.07) is 15.1. The third kappa shape index (κ3) is 4.84. The van der Waals surface area contributed by atoms with E-state index in [-0.39, 0.29) is 6.10 Å². The lowest BCUT2D eigenvalue weighted by atomic mass is 10.1. The van der Waals surface area contributed by atoms with Crippen LogP contribution in [0.5, 0.6) is 17.2 Å². The van der Waals surface area contributed by atoms with E-state index in [4.69, 9.17) is 25.4 Å². The average Bonchev–Trinajstić information content (AvgIpc) is 2.65. The first kappa shape index (κ1) is 17.0. The van der Waals surface area contributed by atoms with Gasteiger partial charge >= 0.3 is 0 Å². The molecule has 0 saturated carbocycles. The summed E-state index contributed by atoms with van der Waals surface area (Å²) in [6.45, 7) is 1.53. The summed E-state index contributed by atoms with van der Waals surface area (Å²) < 4.78 is 17.1. The van der Waals surface area contributed by atoms with Crippen LogP contribution in [0, 0.1) is 5.41 Å². The first-order valence-electron chi connectivity index (χ1n) is 8.33. The van der Waals surface area contributed by atoms with Crippen molar-refractivity contribution in [2.24, 2.45) is 5.73 Å². The highest BCUT2D eigenvalue weighted by atomic mass is 16.5. The largest absolute Gasteiger partial charge is 0.490 e. The van der Waals surface area contributed by atoms with Crippen LogP contribution in [0.2, 0.25) is 0 Å². The molecule has 0 spiro atoms. The molecule has 130 valence electrons. The molecule has 0 aromatic heterocycles. The number of hydrogen-bond donors (Lipinski definition) is 2. The Labute approximate surface area is 147 Å². The second kappa shape index (κ2) is 8.35. The molecule has 5 nitrogen and oxygen atoms in total. The summed E-state index contributed by atoms with van der Waals surface area (Å²) in [5, 5.41) is 7.05. The molecule has 1 fully saturated rings. The van der Waals surface area contributed by atoms with Crippen molar-refractivity contribution < 1.29 is 14.2 Å². The predicted octanol–water partition coefficient (Wildman–Crippen LogP) is 3.99. The summed E-state index contributed by atoms with van der Waals surface area (Å²) in [7, 11) is 0. The van der Waals surface area contributed by atoms with Crippen LogP contribution in [0.4, 0.5) is 0 Å². The quantitative estimate of drug-likeness (QED) is 0.781. The van der Waals surface area contributed by atoms with E-state index in [1.807, 2.05) is 48.5 Å². The van der Waals surface area contributed by atoms with Gasteiger partial charge in [-0.25, -0.2) is 0 Å². The Hall–Kier alpha value is -2.79. The van der Waals surface area contributed by atoms with Crippen LogP contribution >= 0.6 is 0 Å². The fourth-order valence-corrected chi connectivity index (χ4v) is 2.61. The van der Waals surface area contributed by atoms with E-state index in [0.717, 1.165) is 48.9 Å². The van der Waals surface area contributed by atoms with Crippen molar-refractivity contribution in [2.45, 2.75) is 18.9 Å². The van der Waals surface area contributed by atoms with Crippen LogP contribution in [-0.2, 0) is 4.74 Å². The minimum absolute atomic E-state index is 0.229. The van der Waals surface area contributed by atoms with E-state index >= 15 is 0 Å². The van der Waals surface area contributed by atoms with E-state index in [1.54, 1.807) is 6.08 Å². The van der Waals surface area contributed by atoms with E-state index in [2.05, 4.69) is 0 Å². The molecule has 1 aliphatic rings. The van der Waals surface area contributed by atoms with Crippen molar-refractivity contribution in [3.63, 3.8) is 0 Å². The number of rotatable bonds is 6. The Morgan fingerprint density at radius 2 is 1.52 bits per heavy atom. The van der Waals surface area contributed by atoms with Crippen LogP contribution in [0.15, 0.2) is 54.6 Å². The van der Waals surface area contributed by atoms with Gasteiger partial charge in [-0.05, 0) is 60.2 Å². The topological polar surface area (TPSA) is 77.6 Å². The summed E-state index contributed by atoms with van der Waals surface area (Å²) >= 11 is 0. The lowest BCUT2D eigenvalue weighted by Gasteiger charge is -2.23. The molecule has 0 aliphatic carbocycles. The van der Waals surface area contributed by atoms with Gasteiger partial charge in [0.05, 0.1) is 13.2 Å². The average molecular weight is 338 g/mol. The van der Waals surface area contributed by atoms with E-state index < -0.39 is 0 Å². The molecule has 3 N–H and O–H groups in total. The van der Waals surface area contributed by atoms with Crippen LogP contribution < -0.4 is 15.2 Å². The Balaban J connectivity index is 1.59. The maximum absolute atomic E-state index is 7.05. The molecular formula is C20H22N2O3. The zero-order valence-electron chi connectivity index (χ0n) is 14.0. The molecule has 3 rings (SSSR count). The van der Waals surface area contributed by atoms with Crippen LogP contribution in [0.1, 0.15) is 18.4 Å². The Bertz CT molecular complexity index is 718. The molecule has 1 heterocycles. The number of ether oxygens (including phenoxy) is 3. The van der Waals surface area contributed by atoms with Gasteiger partial charge in [-0.2, -0.15) is 0 Å². The van der Waals surface area contributed by atoms with Gasteiger partial charge in [0, 0.05) is 24.8 Å². The Kier molecular flexibility index (Phi) is 5.69. The first-order chi connectivity index (χ1) is 12.2. The van der Waals surface area contributed by atoms with Gasteiger partial charge in [0.2, 0.25) is 0 Å². The fraction of sp³-hybridized carbons (Fsp3) is 0.250. The van der Waals surface area contributed by atoms with Crippen molar-refractivity contribution in [3.05, 3.63) is 60.2 Å². The highest BCUT2D eigenvalue weighted by Gasteiger charge is 2.15. The molecule has 0 atom stereocenters. The maximum atomic E-state index is 7.05. The monoisotopic (exact) mass is 338 g/mol. The SMILES string of the molecule is N=C/C=C(\N)c1ccc(Oc2ccc(OC3CCOCC3)cc2)cc1. The molecule has 0 bridgehead atoms. The van der Waals surface area contributed by atoms with Gasteiger partial charge in [0.25, 0.3) is 0 Å². The van der Waals surface area contributed by atoms with Crippen molar-refractivity contribution in [1.29, 1.82) is 5.41 Å².